The van der Waals surface area contributed by atoms with Gasteiger partial charge in [-0.2, -0.15) is 0 Å². The van der Waals surface area contributed by atoms with Crippen LogP contribution < -0.4 is 4.74 Å². The summed E-state index contributed by atoms with van der Waals surface area (Å²) in [7, 11) is 1.58. The Morgan fingerprint density at radius 1 is 1.15 bits per heavy atom. The summed E-state index contributed by atoms with van der Waals surface area (Å²) in [6.07, 6.45) is -1.11. The SMILES string of the molecule is COc1ccc2[nH]c(C)c(CC(=O)OC(Cc3ccccc3)C(=O)O)c2c1. The number of hydrogen-bond acceptors (Lipinski definition) is 4. The van der Waals surface area contributed by atoms with E-state index in [0.717, 1.165) is 27.7 Å². The average Bonchev–Trinajstić information content (AvgIpc) is 2.96. The summed E-state index contributed by atoms with van der Waals surface area (Å²) in [5, 5.41) is 10.3. The molecule has 0 saturated heterocycles. The van der Waals surface area contributed by atoms with E-state index in [4.69, 9.17) is 9.47 Å². The van der Waals surface area contributed by atoms with E-state index in [0.29, 0.717) is 5.75 Å². The molecule has 1 atom stereocenters. The molecule has 6 nitrogen and oxygen atoms in total. The minimum atomic E-state index is -1.22. The zero-order valence-corrected chi connectivity index (χ0v) is 15.2. The van der Waals surface area contributed by atoms with Gasteiger partial charge in [0.1, 0.15) is 5.75 Å². The van der Waals surface area contributed by atoms with Crippen molar-refractivity contribution in [2.75, 3.05) is 7.11 Å². The van der Waals surface area contributed by atoms with Gasteiger partial charge < -0.3 is 19.6 Å². The summed E-state index contributed by atoms with van der Waals surface area (Å²) < 4.78 is 10.5. The number of nitrogens with one attached hydrogen (secondary N) is 1. The number of carbonyl (C=O) groups excluding carboxylic acids is 1. The van der Waals surface area contributed by atoms with Crippen molar-refractivity contribution in [3.05, 3.63) is 65.4 Å². The Morgan fingerprint density at radius 2 is 1.89 bits per heavy atom. The number of methoxy groups -OCH3 is 1. The molecular weight excluding hydrogens is 346 g/mol. The molecule has 0 saturated carbocycles. The van der Waals surface area contributed by atoms with E-state index < -0.39 is 18.0 Å². The highest BCUT2D eigenvalue weighted by atomic mass is 16.6. The van der Waals surface area contributed by atoms with Gasteiger partial charge in [0.2, 0.25) is 6.10 Å². The molecule has 0 aliphatic heterocycles. The smallest absolute Gasteiger partial charge is 0.345 e. The van der Waals surface area contributed by atoms with Crippen LogP contribution in [0.2, 0.25) is 0 Å². The van der Waals surface area contributed by atoms with Crippen LogP contribution in [0.25, 0.3) is 10.9 Å². The number of rotatable bonds is 7. The van der Waals surface area contributed by atoms with Gasteiger partial charge in [-0.3, -0.25) is 4.79 Å². The van der Waals surface area contributed by atoms with Crippen LogP contribution >= 0.6 is 0 Å². The molecule has 1 unspecified atom stereocenters. The number of aromatic amines is 1. The quantitative estimate of drug-likeness (QED) is 0.626. The largest absolute Gasteiger partial charge is 0.497 e. The molecule has 0 radical (unpaired) electrons. The molecule has 27 heavy (non-hydrogen) atoms. The van der Waals surface area contributed by atoms with E-state index in [1.807, 2.05) is 43.3 Å². The number of carboxylic acids is 1. The lowest BCUT2D eigenvalue weighted by Gasteiger charge is -2.14. The van der Waals surface area contributed by atoms with Gasteiger partial charge in [-0.15, -0.1) is 0 Å². The second-order valence-corrected chi connectivity index (χ2v) is 6.32. The molecule has 0 aliphatic carbocycles. The Labute approximate surface area is 156 Å². The lowest BCUT2D eigenvalue weighted by Crippen LogP contribution is -2.30. The van der Waals surface area contributed by atoms with E-state index in [1.54, 1.807) is 19.2 Å². The minimum absolute atomic E-state index is 0.0163. The Hall–Kier alpha value is -3.28. The van der Waals surface area contributed by atoms with Crippen molar-refractivity contribution in [2.24, 2.45) is 0 Å². The van der Waals surface area contributed by atoms with Crippen LogP contribution in [0.15, 0.2) is 48.5 Å². The zero-order chi connectivity index (χ0) is 19.4. The van der Waals surface area contributed by atoms with Crippen molar-refractivity contribution in [3.8, 4) is 5.75 Å². The molecule has 1 heterocycles. The number of aromatic nitrogens is 1. The van der Waals surface area contributed by atoms with Crippen molar-refractivity contribution >= 4 is 22.8 Å². The molecule has 0 fully saturated rings. The first kappa shape index (κ1) is 18.5. The Bertz CT molecular complexity index is 961. The van der Waals surface area contributed by atoms with Gasteiger partial charge in [0.25, 0.3) is 0 Å². The molecule has 6 heteroatoms. The second kappa shape index (κ2) is 7.95. The summed E-state index contributed by atoms with van der Waals surface area (Å²) in [5.74, 6) is -1.06. The van der Waals surface area contributed by atoms with Gasteiger partial charge in [-0.25, -0.2) is 4.79 Å². The number of carbonyl (C=O) groups is 2. The molecule has 0 spiro atoms. The zero-order valence-electron chi connectivity index (χ0n) is 15.2. The predicted molar refractivity (Wildman–Crippen MR) is 101 cm³/mol. The van der Waals surface area contributed by atoms with Crippen LogP contribution in [0, 0.1) is 6.92 Å². The highest BCUT2D eigenvalue weighted by Crippen LogP contribution is 2.27. The average molecular weight is 367 g/mol. The van der Waals surface area contributed by atoms with Crippen molar-refractivity contribution in [1.82, 2.24) is 4.98 Å². The van der Waals surface area contributed by atoms with E-state index in [1.165, 1.54) is 0 Å². The third kappa shape index (κ3) is 4.28. The van der Waals surface area contributed by atoms with E-state index in [9.17, 15) is 14.7 Å². The third-order valence-electron chi connectivity index (χ3n) is 4.46. The number of ether oxygens (including phenoxy) is 2. The van der Waals surface area contributed by atoms with Gasteiger partial charge in [-0.1, -0.05) is 30.3 Å². The number of esters is 1. The maximum atomic E-state index is 12.4. The second-order valence-electron chi connectivity index (χ2n) is 6.32. The molecule has 0 bridgehead atoms. The maximum Gasteiger partial charge on any atom is 0.345 e. The number of benzene rings is 2. The lowest BCUT2D eigenvalue weighted by atomic mass is 10.1. The third-order valence-corrected chi connectivity index (χ3v) is 4.46. The summed E-state index contributed by atoms with van der Waals surface area (Å²) >= 11 is 0. The Kier molecular flexibility index (Phi) is 5.45. The monoisotopic (exact) mass is 367 g/mol. The first-order valence-corrected chi connectivity index (χ1v) is 8.59. The molecule has 2 N–H and O–H groups in total. The maximum absolute atomic E-state index is 12.4. The van der Waals surface area contributed by atoms with Crippen LogP contribution in [0.1, 0.15) is 16.8 Å². The van der Waals surface area contributed by atoms with Crippen LogP contribution in [0.5, 0.6) is 5.75 Å². The standard InChI is InChI=1S/C21H21NO5/c1-13-16(17-11-15(26-2)8-9-18(17)22-13)12-20(23)27-19(21(24)25)10-14-6-4-3-5-7-14/h3-9,11,19,22H,10,12H2,1-2H3,(H,24,25). The molecule has 0 amide bonds. The van der Waals surface area contributed by atoms with E-state index in [-0.39, 0.29) is 12.8 Å². The van der Waals surface area contributed by atoms with Crippen molar-refractivity contribution in [1.29, 1.82) is 0 Å². The first-order valence-electron chi connectivity index (χ1n) is 8.59. The van der Waals surface area contributed by atoms with Crippen molar-refractivity contribution in [2.45, 2.75) is 25.9 Å². The summed E-state index contributed by atoms with van der Waals surface area (Å²) in [6.45, 7) is 1.87. The number of fused-ring (bicyclic) bond motifs is 1. The molecular formula is C21H21NO5. The van der Waals surface area contributed by atoms with E-state index >= 15 is 0 Å². The molecule has 140 valence electrons. The molecule has 3 aromatic rings. The molecule has 2 aromatic carbocycles. The van der Waals surface area contributed by atoms with Crippen LogP contribution in [-0.2, 0) is 27.2 Å². The molecule has 3 rings (SSSR count). The van der Waals surface area contributed by atoms with E-state index in [2.05, 4.69) is 4.98 Å². The fraction of sp³-hybridized carbons (Fsp3) is 0.238. The van der Waals surface area contributed by atoms with Gasteiger partial charge in [-0.05, 0) is 36.2 Å². The fourth-order valence-corrected chi connectivity index (χ4v) is 3.07. The van der Waals surface area contributed by atoms with Gasteiger partial charge in [0, 0.05) is 23.0 Å². The van der Waals surface area contributed by atoms with Gasteiger partial charge in [0.15, 0.2) is 0 Å². The highest BCUT2D eigenvalue weighted by molar-refractivity contribution is 5.90. The van der Waals surface area contributed by atoms with Gasteiger partial charge >= 0.3 is 11.9 Å². The number of H-pyrrole nitrogens is 1. The predicted octanol–water partition coefficient (Wildman–Crippen LogP) is 3.27. The number of aliphatic carboxylic acids is 1. The first-order chi connectivity index (χ1) is 13.0. The van der Waals surface area contributed by atoms with Crippen molar-refractivity contribution < 1.29 is 24.2 Å². The van der Waals surface area contributed by atoms with Crippen LogP contribution in [-0.4, -0.2) is 35.2 Å². The minimum Gasteiger partial charge on any atom is -0.497 e. The summed E-state index contributed by atoms with van der Waals surface area (Å²) in [4.78, 5) is 27.2. The van der Waals surface area contributed by atoms with Crippen LogP contribution in [0.3, 0.4) is 0 Å². The normalized spacial score (nSPS) is 11.9. The fourth-order valence-electron chi connectivity index (χ4n) is 3.07. The molecule has 0 aliphatic rings. The highest BCUT2D eigenvalue weighted by Gasteiger charge is 2.24. The summed E-state index contributed by atoms with van der Waals surface area (Å²) in [6, 6.07) is 14.7. The number of aryl methyl sites for hydroxylation is 1. The number of hydrogen-bond donors (Lipinski definition) is 2. The summed E-state index contributed by atoms with van der Waals surface area (Å²) in [5.41, 5.74) is 3.30. The topological polar surface area (TPSA) is 88.6 Å². The lowest BCUT2D eigenvalue weighted by molar-refractivity contribution is -0.163. The van der Waals surface area contributed by atoms with Crippen molar-refractivity contribution in [3.63, 3.8) is 0 Å². The number of carboxylic acid groups (broad SMARTS) is 1. The van der Waals surface area contributed by atoms with Gasteiger partial charge in [0.05, 0.1) is 13.5 Å². The van der Waals surface area contributed by atoms with Crippen LogP contribution in [0.4, 0.5) is 0 Å². The Morgan fingerprint density at radius 3 is 2.56 bits per heavy atom. The molecule has 1 aromatic heterocycles. The Balaban J connectivity index is 1.77.